The lowest BCUT2D eigenvalue weighted by Gasteiger charge is -2.29. The van der Waals surface area contributed by atoms with Crippen molar-refractivity contribution in [2.45, 2.75) is 103 Å². The van der Waals surface area contributed by atoms with E-state index in [9.17, 15) is 23.6 Å². The largest absolute Gasteiger partial charge is 0.489 e. The Morgan fingerprint density at radius 3 is 2.32 bits per heavy atom. The van der Waals surface area contributed by atoms with Crippen molar-refractivity contribution >= 4 is 81.6 Å². The molecule has 12 nitrogen and oxygen atoms in total. The number of hydrogen-bond acceptors (Lipinski definition) is 9. The number of ether oxygens (including phenoxy) is 4. The lowest BCUT2D eigenvalue weighted by atomic mass is 10.0. The number of allylic oxidation sites excluding steroid dienone is 1. The maximum Gasteiger partial charge on any atom is 0.427 e. The van der Waals surface area contributed by atoms with E-state index in [0.717, 1.165) is 55.0 Å². The van der Waals surface area contributed by atoms with Gasteiger partial charge in [0.15, 0.2) is 10.6 Å². The Kier molecular flexibility index (Phi) is 17.5. The van der Waals surface area contributed by atoms with Crippen LogP contribution < -0.4 is 14.5 Å². The lowest BCUT2D eigenvalue weighted by molar-refractivity contribution is -0.144. The Labute approximate surface area is 364 Å². The van der Waals surface area contributed by atoms with Crippen molar-refractivity contribution in [1.82, 2.24) is 4.90 Å². The number of hydrogen-bond donors (Lipinski definition) is 0. The summed E-state index contributed by atoms with van der Waals surface area (Å²) in [5.74, 6) is -1.16. The van der Waals surface area contributed by atoms with Gasteiger partial charge in [-0.05, 0) is 109 Å². The van der Waals surface area contributed by atoms with Gasteiger partial charge in [-0.15, -0.1) is 11.6 Å². The summed E-state index contributed by atoms with van der Waals surface area (Å²) in [7, 11) is 0. The van der Waals surface area contributed by atoms with E-state index in [2.05, 4.69) is 6.92 Å². The molecule has 2 saturated heterocycles. The van der Waals surface area contributed by atoms with E-state index in [1.807, 2.05) is 38.1 Å². The van der Waals surface area contributed by atoms with Crippen LogP contribution in [0, 0.1) is 12.7 Å². The van der Waals surface area contributed by atoms with E-state index in [0.29, 0.717) is 29.4 Å². The Bertz CT molecular complexity index is 1980. The molecule has 0 bridgehead atoms. The fourth-order valence-corrected chi connectivity index (χ4v) is 7.26. The van der Waals surface area contributed by atoms with Crippen molar-refractivity contribution in [3.63, 3.8) is 0 Å². The van der Waals surface area contributed by atoms with Crippen LogP contribution in [0.2, 0.25) is 5.02 Å². The van der Waals surface area contributed by atoms with Crippen molar-refractivity contribution in [1.29, 1.82) is 0 Å². The zero-order valence-corrected chi connectivity index (χ0v) is 37.1. The SMILES string of the molecule is CC(C)=C1OC(=O)N(c2cc(OC3CCCC3)c(Cl)cc2F)C1=O.CC1(C)OC(c2ccco2)CN1C(=O)C(Cl)Cl.CCOCN(C(=O)CCl)c1c(C)cccc1CC. The maximum absolute atomic E-state index is 14.3. The van der Waals surface area contributed by atoms with Crippen LogP contribution in [-0.4, -0.2) is 71.1 Å². The molecule has 2 aromatic carbocycles. The molecule has 0 N–H and O–H groups in total. The zero-order valence-electron chi connectivity index (χ0n) is 34.1. The Morgan fingerprint density at radius 2 is 1.76 bits per heavy atom. The number of imide groups is 1. The molecule has 17 heteroatoms. The van der Waals surface area contributed by atoms with Crippen LogP contribution in [0.3, 0.4) is 0 Å². The quantitative estimate of drug-likeness (QED) is 0.105. The molecule has 59 heavy (non-hydrogen) atoms. The number of cyclic esters (lactones) is 1. The molecule has 3 heterocycles. The maximum atomic E-state index is 14.3. The lowest BCUT2D eigenvalue weighted by Crippen LogP contribution is -2.45. The molecule has 3 aromatic rings. The molecule has 1 saturated carbocycles. The van der Waals surface area contributed by atoms with E-state index in [4.69, 9.17) is 69.8 Å². The second-order valence-corrected chi connectivity index (χ2v) is 16.2. The van der Waals surface area contributed by atoms with Gasteiger partial charge in [-0.1, -0.05) is 59.9 Å². The summed E-state index contributed by atoms with van der Waals surface area (Å²) in [6.45, 7) is 14.0. The first-order valence-corrected chi connectivity index (χ1v) is 21.0. The predicted octanol–water partition coefficient (Wildman–Crippen LogP) is 10.4. The number of carbonyl (C=O) groups excluding carboxylic acids is 4. The molecular weight excluding hydrogens is 851 g/mol. The molecule has 3 fully saturated rings. The van der Waals surface area contributed by atoms with Gasteiger partial charge in [0.05, 0.1) is 35.3 Å². The fourth-order valence-electron chi connectivity index (χ4n) is 6.69. The van der Waals surface area contributed by atoms with Gasteiger partial charge in [-0.2, -0.15) is 0 Å². The molecule has 322 valence electrons. The highest BCUT2D eigenvalue weighted by Gasteiger charge is 2.45. The van der Waals surface area contributed by atoms with Crippen LogP contribution in [0.5, 0.6) is 5.75 Å². The monoisotopic (exact) mass is 899 g/mol. The number of halogens is 5. The number of alkyl halides is 3. The number of amides is 4. The number of aryl methyl sites for hydroxylation is 2. The summed E-state index contributed by atoms with van der Waals surface area (Å²) in [6.07, 6.45) is 5.16. The average molecular weight is 902 g/mol. The first-order chi connectivity index (χ1) is 27.9. The van der Waals surface area contributed by atoms with Crippen LogP contribution in [0.4, 0.5) is 20.6 Å². The molecule has 4 amide bonds. The molecule has 1 aromatic heterocycles. The molecule has 1 aliphatic carbocycles. The van der Waals surface area contributed by atoms with Crippen LogP contribution in [0.25, 0.3) is 0 Å². The highest BCUT2D eigenvalue weighted by molar-refractivity contribution is 6.53. The molecular formula is C42H50Cl4FN3O9. The van der Waals surface area contributed by atoms with Crippen molar-refractivity contribution in [3.8, 4) is 5.75 Å². The minimum absolute atomic E-state index is 0.00962. The van der Waals surface area contributed by atoms with Crippen LogP contribution in [0.1, 0.15) is 90.2 Å². The molecule has 2 aliphatic heterocycles. The van der Waals surface area contributed by atoms with E-state index in [1.165, 1.54) is 11.0 Å². The summed E-state index contributed by atoms with van der Waals surface area (Å²) in [4.78, 5) is 50.8. The highest BCUT2D eigenvalue weighted by atomic mass is 35.5. The second kappa shape index (κ2) is 21.6. The first-order valence-electron chi connectivity index (χ1n) is 19.2. The minimum atomic E-state index is -1.08. The third-order valence-corrected chi connectivity index (χ3v) is 10.5. The normalized spacial score (nSPS) is 17.4. The van der Waals surface area contributed by atoms with Gasteiger partial charge in [0.1, 0.15) is 41.8 Å². The van der Waals surface area contributed by atoms with E-state index < -0.39 is 28.4 Å². The summed E-state index contributed by atoms with van der Waals surface area (Å²) >= 11 is 22.9. The third-order valence-electron chi connectivity index (χ3n) is 9.62. The summed E-state index contributed by atoms with van der Waals surface area (Å²) in [5, 5.41) is 0.102. The topological polar surface area (TPSA) is 128 Å². The average Bonchev–Trinajstić information content (AvgIpc) is 4.02. The molecule has 0 radical (unpaired) electrons. The summed E-state index contributed by atoms with van der Waals surface area (Å²) in [5.41, 5.74) is 2.70. The van der Waals surface area contributed by atoms with Gasteiger partial charge < -0.3 is 28.3 Å². The van der Waals surface area contributed by atoms with Crippen molar-refractivity contribution in [2.24, 2.45) is 0 Å². The van der Waals surface area contributed by atoms with Gasteiger partial charge >= 0.3 is 12.0 Å². The van der Waals surface area contributed by atoms with Crippen LogP contribution in [0.15, 0.2) is 64.5 Å². The van der Waals surface area contributed by atoms with Gasteiger partial charge in [-0.3, -0.25) is 19.3 Å². The minimum Gasteiger partial charge on any atom is -0.489 e. The molecule has 1 unspecified atom stereocenters. The first kappa shape index (κ1) is 47.8. The van der Waals surface area contributed by atoms with E-state index >= 15 is 0 Å². The number of anilines is 2. The summed E-state index contributed by atoms with van der Waals surface area (Å²) in [6, 6.07) is 11.9. The fraction of sp³-hybridized carbons (Fsp3) is 0.476. The molecule has 0 spiro atoms. The number of rotatable bonds is 11. The van der Waals surface area contributed by atoms with Crippen molar-refractivity contribution in [3.05, 3.63) is 87.8 Å². The number of benzene rings is 2. The van der Waals surface area contributed by atoms with Gasteiger partial charge in [0.2, 0.25) is 5.91 Å². The second-order valence-electron chi connectivity index (χ2n) is 14.4. The van der Waals surface area contributed by atoms with Crippen LogP contribution in [-0.2, 0) is 35.0 Å². The van der Waals surface area contributed by atoms with E-state index in [-0.39, 0.29) is 58.9 Å². The molecule has 3 aliphatic rings. The van der Waals surface area contributed by atoms with Gasteiger partial charge in [0, 0.05) is 12.7 Å². The zero-order chi connectivity index (χ0) is 43.6. The Hall–Kier alpha value is -3.85. The van der Waals surface area contributed by atoms with Crippen molar-refractivity contribution < 1.29 is 46.9 Å². The number of nitrogens with zero attached hydrogens (tertiary/aromatic N) is 3. The van der Waals surface area contributed by atoms with Gasteiger partial charge in [-0.25, -0.2) is 14.1 Å². The molecule has 1 atom stereocenters. The summed E-state index contributed by atoms with van der Waals surface area (Å²) < 4.78 is 41.5. The number of carbonyl (C=O) groups is 4. The number of para-hydroxylation sites is 1. The van der Waals surface area contributed by atoms with E-state index in [1.54, 1.807) is 44.9 Å². The predicted molar refractivity (Wildman–Crippen MR) is 226 cm³/mol. The number of furan rings is 1. The Balaban J connectivity index is 0.000000200. The molecule has 6 rings (SSSR count). The van der Waals surface area contributed by atoms with Crippen LogP contribution >= 0.6 is 46.4 Å². The highest BCUT2D eigenvalue weighted by Crippen LogP contribution is 2.39. The standard InChI is InChI=1S/C17H17ClFNO4.C14H20ClNO2.C11H13Cl2NO3/c1-9(2)15-16(21)20(17(22)24-15)13-8-14(11(18)7-12(13)19)23-10-5-3-4-6-10;1-4-12-8-6-7-11(3)14(12)16(10-18-5-2)13(17)9-15;1-11(2)14(10(15)9(12)13)6-8(17-11)7-4-3-5-16-7/h7-8,10H,3-6H2,1-2H3;6-8H,4-5,9-10H2,1-3H3;3-5,8-9H,6H2,1-2H3. The van der Waals surface area contributed by atoms with Gasteiger partial charge in [0.25, 0.3) is 5.91 Å². The third kappa shape index (κ3) is 11.9. The Morgan fingerprint density at radius 1 is 1.07 bits per heavy atom. The van der Waals surface area contributed by atoms with Crippen molar-refractivity contribution in [2.75, 3.05) is 35.6 Å². The smallest absolute Gasteiger partial charge is 0.427 e.